The van der Waals surface area contributed by atoms with Gasteiger partial charge in [-0.05, 0) is 31.2 Å². The number of nitrogens with one attached hydrogen (secondary N) is 1. The highest BCUT2D eigenvalue weighted by Gasteiger charge is 2.20. The number of benzene rings is 1. The van der Waals surface area contributed by atoms with Crippen LogP contribution in [0.4, 0.5) is 0 Å². The van der Waals surface area contributed by atoms with Crippen molar-refractivity contribution in [2.45, 2.75) is 45.7 Å². The Morgan fingerprint density at radius 3 is 2.33 bits per heavy atom. The average Bonchev–Trinajstić information content (AvgIpc) is 2.28. The number of aliphatic carboxylic acids is 1. The van der Waals surface area contributed by atoms with E-state index in [2.05, 4.69) is 19.2 Å². The fourth-order valence-corrected chi connectivity index (χ4v) is 2.19. The molecule has 0 spiro atoms. The number of hydrogen-bond acceptors (Lipinski definition) is 2. The minimum atomic E-state index is -0.783. The summed E-state index contributed by atoms with van der Waals surface area (Å²) in [7, 11) is 0. The first kappa shape index (κ1) is 14.7. The minimum absolute atomic E-state index is 0.217. The highest BCUT2D eigenvalue weighted by molar-refractivity contribution is 5.74. The van der Waals surface area contributed by atoms with Crippen molar-refractivity contribution in [1.82, 2.24) is 5.32 Å². The van der Waals surface area contributed by atoms with E-state index in [9.17, 15) is 9.90 Å². The lowest BCUT2D eigenvalue weighted by Crippen LogP contribution is -2.44. The molecule has 1 aromatic rings. The molecule has 3 heteroatoms. The zero-order valence-corrected chi connectivity index (χ0v) is 11.4. The normalized spacial score (nSPS) is 14.4. The second-order valence-electron chi connectivity index (χ2n) is 5.28. The Bertz CT molecular complexity index is 362. The summed E-state index contributed by atoms with van der Waals surface area (Å²) in [5.41, 5.74) is 1.05. The van der Waals surface area contributed by atoms with Gasteiger partial charge in [-0.2, -0.15) is 0 Å². The molecule has 0 amide bonds. The van der Waals surface area contributed by atoms with E-state index in [0.29, 0.717) is 12.3 Å². The van der Waals surface area contributed by atoms with Crippen LogP contribution in [0.3, 0.4) is 0 Å². The van der Waals surface area contributed by atoms with E-state index in [-0.39, 0.29) is 6.04 Å². The van der Waals surface area contributed by atoms with Crippen LogP contribution in [0.2, 0.25) is 0 Å². The van der Waals surface area contributed by atoms with Gasteiger partial charge in [0.2, 0.25) is 0 Å². The molecule has 0 aromatic heterocycles. The topological polar surface area (TPSA) is 49.3 Å². The van der Waals surface area contributed by atoms with E-state index in [0.717, 1.165) is 12.0 Å². The Balaban J connectivity index is 2.58. The molecule has 1 unspecified atom stereocenters. The third kappa shape index (κ3) is 5.32. The van der Waals surface area contributed by atoms with Crippen molar-refractivity contribution in [3.63, 3.8) is 0 Å². The molecule has 0 saturated heterocycles. The molecule has 100 valence electrons. The van der Waals surface area contributed by atoms with Crippen molar-refractivity contribution >= 4 is 5.97 Å². The van der Waals surface area contributed by atoms with Crippen LogP contribution in [0.15, 0.2) is 30.3 Å². The predicted octanol–water partition coefficient (Wildman–Crippen LogP) is 2.71. The van der Waals surface area contributed by atoms with Crippen molar-refractivity contribution in [3.05, 3.63) is 35.9 Å². The average molecular weight is 249 g/mol. The highest BCUT2D eigenvalue weighted by atomic mass is 16.4. The van der Waals surface area contributed by atoms with Gasteiger partial charge in [-0.25, -0.2) is 0 Å². The van der Waals surface area contributed by atoms with Crippen LogP contribution < -0.4 is 5.32 Å². The minimum Gasteiger partial charge on any atom is -0.480 e. The molecule has 0 aliphatic carbocycles. The Labute approximate surface area is 109 Å². The van der Waals surface area contributed by atoms with Crippen LogP contribution in [0.5, 0.6) is 0 Å². The van der Waals surface area contributed by atoms with Crippen LogP contribution in [0, 0.1) is 5.92 Å². The second kappa shape index (κ2) is 7.17. The van der Waals surface area contributed by atoms with Gasteiger partial charge < -0.3 is 10.4 Å². The molecule has 3 nitrogen and oxygen atoms in total. The molecule has 0 fully saturated rings. The molecule has 2 N–H and O–H groups in total. The van der Waals surface area contributed by atoms with Crippen LogP contribution >= 0.6 is 0 Å². The van der Waals surface area contributed by atoms with E-state index in [1.165, 1.54) is 0 Å². The third-order valence-electron chi connectivity index (χ3n) is 2.89. The zero-order valence-electron chi connectivity index (χ0n) is 11.4. The number of hydrogen-bond donors (Lipinski definition) is 2. The van der Waals surface area contributed by atoms with E-state index in [4.69, 9.17) is 0 Å². The maximum absolute atomic E-state index is 11.3. The Kier molecular flexibility index (Phi) is 5.86. The Morgan fingerprint density at radius 2 is 1.83 bits per heavy atom. The highest BCUT2D eigenvalue weighted by Crippen LogP contribution is 2.08. The standard InChI is InChI=1S/C15H23NO2/c1-11(2)9-12(3)16-14(15(17)18)10-13-7-5-4-6-8-13/h4-8,11-12,14,16H,9-10H2,1-3H3,(H,17,18)/t12?,14-/m1/s1. The first-order valence-electron chi connectivity index (χ1n) is 6.51. The summed E-state index contributed by atoms with van der Waals surface area (Å²) in [6, 6.07) is 9.44. The summed E-state index contributed by atoms with van der Waals surface area (Å²) >= 11 is 0. The third-order valence-corrected chi connectivity index (χ3v) is 2.89. The van der Waals surface area contributed by atoms with Gasteiger partial charge in [0.15, 0.2) is 0 Å². The maximum Gasteiger partial charge on any atom is 0.321 e. The van der Waals surface area contributed by atoms with Gasteiger partial charge in [0, 0.05) is 6.04 Å². The van der Waals surface area contributed by atoms with Gasteiger partial charge in [-0.15, -0.1) is 0 Å². The van der Waals surface area contributed by atoms with Crippen molar-refractivity contribution in [3.8, 4) is 0 Å². The first-order valence-corrected chi connectivity index (χ1v) is 6.51. The summed E-state index contributed by atoms with van der Waals surface area (Å²) in [6.07, 6.45) is 1.51. The summed E-state index contributed by atoms with van der Waals surface area (Å²) in [5, 5.41) is 12.5. The molecule has 0 aliphatic rings. The SMILES string of the molecule is CC(C)CC(C)N[C@H](Cc1ccccc1)C(=O)O. The maximum atomic E-state index is 11.3. The summed E-state index contributed by atoms with van der Waals surface area (Å²) in [4.78, 5) is 11.3. The predicted molar refractivity (Wildman–Crippen MR) is 73.6 cm³/mol. The molecule has 1 aromatic carbocycles. The lowest BCUT2D eigenvalue weighted by Gasteiger charge is -2.21. The number of carbonyl (C=O) groups is 1. The number of carboxylic acid groups (broad SMARTS) is 1. The second-order valence-corrected chi connectivity index (χ2v) is 5.28. The molecule has 0 saturated carbocycles. The van der Waals surface area contributed by atoms with Gasteiger partial charge in [0.1, 0.15) is 6.04 Å². The molecule has 0 radical (unpaired) electrons. The first-order chi connectivity index (χ1) is 8.49. The number of rotatable bonds is 7. The van der Waals surface area contributed by atoms with Crippen LogP contribution in [0.25, 0.3) is 0 Å². The van der Waals surface area contributed by atoms with Crippen LogP contribution in [-0.2, 0) is 11.2 Å². The van der Waals surface area contributed by atoms with E-state index in [1.807, 2.05) is 37.3 Å². The van der Waals surface area contributed by atoms with Gasteiger partial charge >= 0.3 is 5.97 Å². The van der Waals surface area contributed by atoms with Gasteiger partial charge in [-0.1, -0.05) is 44.2 Å². The largest absolute Gasteiger partial charge is 0.480 e. The van der Waals surface area contributed by atoms with Crippen molar-refractivity contribution in [2.24, 2.45) is 5.92 Å². The molecule has 18 heavy (non-hydrogen) atoms. The Hall–Kier alpha value is -1.35. The Morgan fingerprint density at radius 1 is 1.22 bits per heavy atom. The van der Waals surface area contributed by atoms with Gasteiger partial charge in [-0.3, -0.25) is 4.79 Å². The van der Waals surface area contributed by atoms with E-state index in [1.54, 1.807) is 0 Å². The molecule has 1 rings (SSSR count). The van der Waals surface area contributed by atoms with Crippen molar-refractivity contribution < 1.29 is 9.90 Å². The monoisotopic (exact) mass is 249 g/mol. The van der Waals surface area contributed by atoms with Crippen LogP contribution in [-0.4, -0.2) is 23.2 Å². The quantitative estimate of drug-likeness (QED) is 0.781. The molecule has 0 heterocycles. The summed E-state index contributed by atoms with van der Waals surface area (Å²) in [6.45, 7) is 6.33. The molecule has 0 aliphatic heterocycles. The summed E-state index contributed by atoms with van der Waals surface area (Å²) < 4.78 is 0. The molecule has 2 atom stereocenters. The fraction of sp³-hybridized carbons (Fsp3) is 0.533. The molecular formula is C15H23NO2. The van der Waals surface area contributed by atoms with Crippen LogP contribution in [0.1, 0.15) is 32.8 Å². The van der Waals surface area contributed by atoms with Gasteiger partial charge in [0.05, 0.1) is 0 Å². The fourth-order valence-electron chi connectivity index (χ4n) is 2.19. The van der Waals surface area contributed by atoms with E-state index >= 15 is 0 Å². The van der Waals surface area contributed by atoms with Crippen molar-refractivity contribution in [2.75, 3.05) is 0 Å². The van der Waals surface area contributed by atoms with Crippen molar-refractivity contribution in [1.29, 1.82) is 0 Å². The zero-order chi connectivity index (χ0) is 13.5. The van der Waals surface area contributed by atoms with E-state index < -0.39 is 12.0 Å². The number of carboxylic acids is 1. The molecule has 0 bridgehead atoms. The lowest BCUT2D eigenvalue weighted by molar-refractivity contribution is -0.139. The smallest absolute Gasteiger partial charge is 0.321 e. The van der Waals surface area contributed by atoms with Gasteiger partial charge in [0.25, 0.3) is 0 Å². The molecular weight excluding hydrogens is 226 g/mol. The lowest BCUT2D eigenvalue weighted by atomic mass is 10.0. The summed E-state index contributed by atoms with van der Waals surface area (Å²) in [5.74, 6) is -0.215.